The number of pyridine rings is 1. The zero-order valence-electron chi connectivity index (χ0n) is 12.8. The SMILES string of the molecule is CCCNC1CCC(N(C)C(=O)c2ccc(F)cn2)CC1. The van der Waals surface area contributed by atoms with E-state index in [9.17, 15) is 9.18 Å². The Kier molecular flexibility index (Phi) is 5.67. The van der Waals surface area contributed by atoms with Crippen LogP contribution < -0.4 is 5.32 Å². The number of aromatic nitrogens is 1. The first-order chi connectivity index (χ1) is 10.1. The lowest BCUT2D eigenvalue weighted by Crippen LogP contribution is -2.43. The monoisotopic (exact) mass is 293 g/mol. The van der Waals surface area contributed by atoms with Gasteiger partial charge in [-0.2, -0.15) is 0 Å². The zero-order chi connectivity index (χ0) is 15.2. The van der Waals surface area contributed by atoms with Crippen molar-refractivity contribution in [2.45, 2.75) is 51.1 Å². The highest BCUT2D eigenvalue weighted by atomic mass is 19.1. The quantitative estimate of drug-likeness (QED) is 0.907. The van der Waals surface area contributed by atoms with E-state index in [2.05, 4.69) is 17.2 Å². The molecule has 4 nitrogen and oxygen atoms in total. The molecule has 116 valence electrons. The third-order valence-electron chi connectivity index (χ3n) is 4.19. The molecule has 0 radical (unpaired) electrons. The Hall–Kier alpha value is -1.49. The summed E-state index contributed by atoms with van der Waals surface area (Å²) in [5.41, 5.74) is 0.310. The van der Waals surface area contributed by atoms with E-state index in [0.29, 0.717) is 11.7 Å². The van der Waals surface area contributed by atoms with Gasteiger partial charge < -0.3 is 10.2 Å². The lowest BCUT2D eigenvalue weighted by atomic mass is 9.90. The number of rotatable bonds is 5. The molecule has 5 heteroatoms. The van der Waals surface area contributed by atoms with Crippen molar-refractivity contribution in [1.82, 2.24) is 15.2 Å². The number of amides is 1. The number of carbonyl (C=O) groups is 1. The summed E-state index contributed by atoms with van der Waals surface area (Å²) in [5, 5.41) is 3.54. The molecule has 0 aromatic carbocycles. The van der Waals surface area contributed by atoms with Gasteiger partial charge in [0.25, 0.3) is 5.91 Å². The van der Waals surface area contributed by atoms with Crippen molar-refractivity contribution in [3.8, 4) is 0 Å². The molecule has 1 saturated carbocycles. The molecule has 0 spiro atoms. The molecule has 2 rings (SSSR count). The van der Waals surface area contributed by atoms with Gasteiger partial charge in [0.2, 0.25) is 0 Å². The second-order valence-corrected chi connectivity index (χ2v) is 5.74. The normalized spacial score (nSPS) is 22.0. The Bertz CT molecular complexity index is 455. The molecule has 1 aromatic rings. The fourth-order valence-electron chi connectivity index (χ4n) is 2.86. The molecule has 1 amide bonds. The molecule has 1 fully saturated rings. The minimum atomic E-state index is -0.420. The topological polar surface area (TPSA) is 45.2 Å². The lowest BCUT2D eigenvalue weighted by molar-refractivity contribution is 0.0678. The van der Waals surface area contributed by atoms with E-state index in [4.69, 9.17) is 0 Å². The number of hydrogen-bond donors (Lipinski definition) is 1. The highest BCUT2D eigenvalue weighted by Gasteiger charge is 2.27. The van der Waals surface area contributed by atoms with Crippen LogP contribution in [0, 0.1) is 5.82 Å². The van der Waals surface area contributed by atoms with Crippen molar-refractivity contribution in [2.24, 2.45) is 0 Å². The lowest BCUT2D eigenvalue weighted by Gasteiger charge is -2.35. The number of nitrogens with one attached hydrogen (secondary N) is 1. The van der Waals surface area contributed by atoms with Crippen molar-refractivity contribution in [2.75, 3.05) is 13.6 Å². The minimum absolute atomic E-state index is 0.125. The van der Waals surface area contributed by atoms with Gasteiger partial charge in [-0.1, -0.05) is 6.92 Å². The predicted octanol–water partition coefficient (Wildman–Crippen LogP) is 2.60. The average molecular weight is 293 g/mol. The molecule has 0 atom stereocenters. The first kappa shape index (κ1) is 15.9. The Morgan fingerprint density at radius 2 is 2.10 bits per heavy atom. The molecular formula is C16H24FN3O. The van der Waals surface area contributed by atoms with Gasteiger partial charge in [0.15, 0.2) is 0 Å². The highest BCUT2D eigenvalue weighted by molar-refractivity contribution is 5.92. The summed E-state index contributed by atoms with van der Waals surface area (Å²) in [7, 11) is 1.82. The largest absolute Gasteiger partial charge is 0.337 e. The van der Waals surface area contributed by atoms with Crippen LogP contribution in [-0.4, -0.2) is 41.5 Å². The summed E-state index contributed by atoms with van der Waals surface area (Å²) >= 11 is 0. The standard InChI is InChI=1S/C16H24FN3O/c1-3-10-18-13-5-7-14(8-6-13)20(2)16(21)15-9-4-12(17)11-19-15/h4,9,11,13-14,18H,3,5-8,10H2,1-2H3. The average Bonchev–Trinajstić information content (AvgIpc) is 2.53. The van der Waals surface area contributed by atoms with E-state index in [1.54, 1.807) is 4.90 Å². The van der Waals surface area contributed by atoms with Crippen molar-refractivity contribution in [1.29, 1.82) is 0 Å². The van der Waals surface area contributed by atoms with Gasteiger partial charge in [-0.15, -0.1) is 0 Å². The molecule has 0 unspecified atom stereocenters. The van der Waals surface area contributed by atoms with Gasteiger partial charge in [-0.25, -0.2) is 9.37 Å². The van der Waals surface area contributed by atoms with Crippen LogP contribution >= 0.6 is 0 Å². The van der Waals surface area contributed by atoms with Crippen LogP contribution in [-0.2, 0) is 0 Å². The Labute approximate surface area is 125 Å². The smallest absolute Gasteiger partial charge is 0.272 e. The molecule has 1 aliphatic rings. The van der Waals surface area contributed by atoms with E-state index in [0.717, 1.165) is 44.8 Å². The fraction of sp³-hybridized carbons (Fsp3) is 0.625. The Balaban J connectivity index is 1.88. The molecule has 0 bridgehead atoms. The maximum Gasteiger partial charge on any atom is 0.272 e. The first-order valence-electron chi connectivity index (χ1n) is 7.74. The van der Waals surface area contributed by atoms with Gasteiger partial charge in [0.05, 0.1) is 6.20 Å². The van der Waals surface area contributed by atoms with Gasteiger partial charge in [0, 0.05) is 19.1 Å². The summed E-state index contributed by atoms with van der Waals surface area (Å²) in [6.45, 7) is 3.23. The fourth-order valence-corrected chi connectivity index (χ4v) is 2.86. The van der Waals surface area contributed by atoms with Crippen LogP contribution in [0.25, 0.3) is 0 Å². The summed E-state index contributed by atoms with van der Waals surface area (Å²) < 4.78 is 12.9. The molecule has 1 heterocycles. The summed E-state index contributed by atoms with van der Waals surface area (Å²) in [6, 6.07) is 3.56. The van der Waals surface area contributed by atoms with Gasteiger partial charge in [-0.05, 0) is 50.8 Å². The molecule has 0 aliphatic heterocycles. The van der Waals surface area contributed by atoms with Crippen molar-refractivity contribution >= 4 is 5.91 Å². The Morgan fingerprint density at radius 1 is 1.38 bits per heavy atom. The number of hydrogen-bond acceptors (Lipinski definition) is 3. The van der Waals surface area contributed by atoms with Crippen LogP contribution in [0.15, 0.2) is 18.3 Å². The molecule has 1 aromatic heterocycles. The summed E-state index contributed by atoms with van der Waals surface area (Å²) in [5.74, 6) is -0.545. The Morgan fingerprint density at radius 3 is 2.67 bits per heavy atom. The van der Waals surface area contributed by atoms with Crippen molar-refractivity contribution in [3.05, 3.63) is 29.8 Å². The van der Waals surface area contributed by atoms with Crippen molar-refractivity contribution < 1.29 is 9.18 Å². The predicted molar refractivity (Wildman–Crippen MR) is 80.6 cm³/mol. The van der Waals surface area contributed by atoms with Crippen LogP contribution in [0.1, 0.15) is 49.5 Å². The van der Waals surface area contributed by atoms with Crippen LogP contribution in [0.4, 0.5) is 4.39 Å². The third kappa shape index (κ3) is 4.24. The van der Waals surface area contributed by atoms with Gasteiger partial charge >= 0.3 is 0 Å². The van der Waals surface area contributed by atoms with Crippen molar-refractivity contribution in [3.63, 3.8) is 0 Å². The van der Waals surface area contributed by atoms with E-state index in [-0.39, 0.29) is 11.9 Å². The second-order valence-electron chi connectivity index (χ2n) is 5.74. The molecule has 1 N–H and O–H groups in total. The van der Waals surface area contributed by atoms with Gasteiger partial charge in [0.1, 0.15) is 11.5 Å². The summed E-state index contributed by atoms with van der Waals surface area (Å²) in [4.78, 5) is 18.0. The molecule has 1 aliphatic carbocycles. The van der Waals surface area contributed by atoms with Crippen LogP contribution in [0.2, 0.25) is 0 Å². The highest BCUT2D eigenvalue weighted by Crippen LogP contribution is 2.23. The second kappa shape index (κ2) is 7.50. The van der Waals surface area contributed by atoms with Gasteiger partial charge in [-0.3, -0.25) is 4.79 Å². The molecule has 21 heavy (non-hydrogen) atoms. The maximum atomic E-state index is 12.9. The number of carbonyl (C=O) groups excluding carboxylic acids is 1. The van der Waals surface area contributed by atoms with Crippen LogP contribution in [0.3, 0.4) is 0 Å². The molecular weight excluding hydrogens is 269 g/mol. The number of halogens is 1. The summed E-state index contributed by atoms with van der Waals surface area (Å²) in [6.07, 6.45) is 6.44. The van der Waals surface area contributed by atoms with E-state index < -0.39 is 5.82 Å². The van der Waals surface area contributed by atoms with E-state index >= 15 is 0 Å². The molecule has 0 saturated heterocycles. The van der Waals surface area contributed by atoms with E-state index in [1.807, 2.05) is 7.05 Å². The van der Waals surface area contributed by atoms with E-state index in [1.165, 1.54) is 12.1 Å². The maximum absolute atomic E-state index is 12.9. The zero-order valence-corrected chi connectivity index (χ0v) is 12.8. The first-order valence-corrected chi connectivity index (χ1v) is 7.74. The van der Waals surface area contributed by atoms with Crippen LogP contribution in [0.5, 0.6) is 0 Å². The minimum Gasteiger partial charge on any atom is -0.337 e. The number of nitrogens with zero attached hydrogens (tertiary/aromatic N) is 2. The third-order valence-corrected chi connectivity index (χ3v) is 4.19.